The van der Waals surface area contributed by atoms with Gasteiger partial charge in [-0.25, -0.2) is 0 Å². The van der Waals surface area contributed by atoms with Crippen LogP contribution < -0.4 is 10.6 Å². The molecule has 4 nitrogen and oxygen atoms in total. The summed E-state index contributed by atoms with van der Waals surface area (Å²) >= 11 is 0. The Bertz CT molecular complexity index is 571. The van der Waals surface area contributed by atoms with Crippen LogP contribution in [-0.4, -0.2) is 37.0 Å². The predicted molar refractivity (Wildman–Crippen MR) is 83.2 cm³/mol. The summed E-state index contributed by atoms with van der Waals surface area (Å²) in [5, 5.41) is 6.56. The fraction of sp³-hybridized carbons (Fsp3) is 0.588. The van der Waals surface area contributed by atoms with Crippen molar-refractivity contribution in [3.05, 3.63) is 29.3 Å². The van der Waals surface area contributed by atoms with Crippen molar-refractivity contribution in [2.75, 3.05) is 31.5 Å². The minimum atomic E-state index is 0.195. The molecule has 3 aliphatic heterocycles. The molecule has 0 bridgehead atoms. The molecule has 4 rings (SSSR count). The highest BCUT2D eigenvalue weighted by atomic mass is 16.1. The van der Waals surface area contributed by atoms with E-state index in [0.717, 1.165) is 39.1 Å². The van der Waals surface area contributed by atoms with E-state index in [-0.39, 0.29) is 11.3 Å². The third-order valence-corrected chi connectivity index (χ3v) is 5.26. The number of fused-ring (bicyclic) bond motifs is 1. The van der Waals surface area contributed by atoms with Crippen LogP contribution in [0.1, 0.15) is 30.4 Å². The molecule has 2 N–H and O–H groups in total. The Morgan fingerprint density at radius 2 is 2.24 bits per heavy atom. The van der Waals surface area contributed by atoms with Crippen molar-refractivity contribution in [2.45, 2.75) is 32.2 Å². The van der Waals surface area contributed by atoms with Gasteiger partial charge in [-0.15, -0.1) is 0 Å². The van der Waals surface area contributed by atoms with E-state index in [2.05, 4.69) is 33.7 Å². The van der Waals surface area contributed by atoms with Gasteiger partial charge in [-0.3, -0.25) is 9.69 Å². The van der Waals surface area contributed by atoms with Gasteiger partial charge in [0.15, 0.2) is 0 Å². The molecule has 112 valence electrons. The van der Waals surface area contributed by atoms with Gasteiger partial charge < -0.3 is 10.6 Å². The van der Waals surface area contributed by atoms with Crippen molar-refractivity contribution in [1.29, 1.82) is 0 Å². The molecule has 0 saturated carbocycles. The van der Waals surface area contributed by atoms with Crippen LogP contribution in [-0.2, 0) is 17.8 Å². The summed E-state index contributed by atoms with van der Waals surface area (Å²) in [4.78, 5) is 14.1. The molecule has 1 aromatic carbocycles. The van der Waals surface area contributed by atoms with E-state index in [1.54, 1.807) is 0 Å². The molecule has 2 saturated heterocycles. The normalized spacial score (nSPS) is 28.5. The van der Waals surface area contributed by atoms with Crippen molar-refractivity contribution in [2.24, 2.45) is 5.41 Å². The van der Waals surface area contributed by atoms with E-state index in [1.807, 2.05) is 0 Å². The Balaban J connectivity index is 1.50. The van der Waals surface area contributed by atoms with Crippen LogP contribution >= 0.6 is 0 Å². The van der Waals surface area contributed by atoms with Gasteiger partial charge in [0.25, 0.3) is 0 Å². The van der Waals surface area contributed by atoms with Crippen molar-refractivity contribution in [3.8, 4) is 0 Å². The molecule has 3 aliphatic rings. The highest BCUT2D eigenvalue weighted by Gasteiger charge is 2.41. The van der Waals surface area contributed by atoms with E-state index in [9.17, 15) is 4.79 Å². The number of hydrogen-bond acceptors (Lipinski definition) is 3. The quantitative estimate of drug-likeness (QED) is 0.870. The number of rotatable bonds is 2. The number of amides is 1. The smallest absolute Gasteiger partial charge is 0.220 e. The number of nitrogens with zero attached hydrogens (tertiary/aromatic N) is 1. The topological polar surface area (TPSA) is 44.4 Å². The van der Waals surface area contributed by atoms with Crippen molar-refractivity contribution in [3.63, 3.8) is 0 Å². The number of carbonyl (C=O) groups is 1. The third kappa shape index (κ3) is 2.42. The monoisotopic (exact) mass is 285 g/mol. The summed E-state index contributed by atoms with van der Waals surface area (Å²) in [6, 6.07) is 6.66. The first-order chi connectivity index (χ1) is 10.2. The van der Waals surface area contributed by atoms with Crippen LogP contribution in [0.3, 0.4) is 0 Å². The maximum absolute atomic E-state index is 11.6. The van der Waals surface area contributed by atoms with E-state index in [1.165, 1.54) is 29.7 Å². The number of anilines is 1. The third-order valence-electron chi connectivity index (χ3n) is 5.26. The number of para-hydroxylation sites is 1. The van der Waals surface area contributed by atoms with E-state index in [4.69, 9.17) is 0 Å². The molecule has 0 aliphatic carbocycles. The number of nitrogens with one attached hydrogen (secondary N) is 2. The van der Waals surface area contributed by atoms with Gasteiger partial charge >= 0.3 is 0 Å². The van der Waals surface area contributed by atoms with Crippen LogP contribution in [0.2, 0.25) is 0 Å². The predicted octanol–water partition coefficient (Wildman–Crippen LogP) is 1.76. The Labute approximate surface area is 125 Å². The zero-order chi connectivity index (χ0) is 14.3. The van der Waals surface area contributed by atoms with Gasteiger partial charge in [-0.1, -0.05) is 18.2 Å². The molecule has 3 heterocycles. The molecule has 1 aromatic rings. The number of piperidine rings is 1. The van der Waals surface area contributed by atoms with Gasteiger partial charge in [-0.2, -0.15) is 0 Å². The van der Waals surface area contributed by atoms with Gasteiger partial charge in [0.05, 0.1) is 0 Å². The molecule has 1 atom stereocenters. The average Bonchev–Trinajstić information content (AvgIpc) is 3.07. The summed E-state index contributed by atoms with van der Waals surface area (Å²) in [5.41, 5.74) is 4.43. The summed E-state index contributed by atoms with van der Waals surface area (Å²) in [6.07, 6.45) is 4.25. The zero-order valence-electron chi connectivity index (χ0n) is 12.5. The van der Waals surface area contributed by atoms with Crippen molar-refractivity contribution >= 4 is 11.6 Å². The molecule has 4 heteroatoms. The average molecular weight is 285 g/mol. The fourth-order valence-corrected chi connectivity index (χ4v) is 4.27. The second-order valence-electron chi connectivity index (χ2n) is 6.90. The summed E-state index contributed by atoms with van der Waals surface area (Å²) in [6.45, 7) is 5.14. The first-order valence-electron chi connectivity index (χ1n) is 8.08. The van der Waals surface area contributed by atoms with Crippen LogP contribution in [0.25, 0.3) is 0 Å². The standard InChI is InChI=1S/C17H23N3O/c21-15-9-17(11-19-15)6-2-8-20(12-17)10-14-4-1-3-13-5-7-18-16(13)14/h1,3-4,18H,2,5-12H2,(H,19,21). The van der Waals surface area contributed by atoms with Crippen LogP contribution in [0.5, 0.6) is 0 Å². The lowest BCUT2D eigenvalue weighted by atomic mass is 9.79. The van der Waals surface area contributed by atoms with Crippen LogP contribution in [0, 0.1) is 5.41 Å². The lowest BCUT2D eigenvalue weighted by Crippen LogP contribution is -2.44. The molecule has 1 amide bonds. The summed E-state index contributed by atoms with van der Waals surface area (Å²) < 4.78 is 0. The minimum absolute atomic E-state index is 0.195. The van der Waals surface area contributed by atoms with Crippen molar-refractivity contribution in [1.82, 2.24) is 10.2 Å². The first-order valence-corrected chi connectivity index (χ1v) is 8.08. The molecular weight excluding hydrogens is 262 g/mol. The molecule has 2 fully saturated rings. The molecule has 0 aromatic heterocycles. The van der Waals surface area contributed by atoms with E-state index in [0.29, 0.717) is 6.42 Å². The number of hydrogen-bond donors (Lipinski definition) is 2. The fourth-order valence-electron chi connectivity index (χ4n) is 4.27. The van der Waals surface area contributed by atoms with Gasteiger partial charge in [0.2, 0.25) is 5.91 Å². The SMILES string of the molecule is O=C1CC2(CCCN(Cc3cccc4c3NCC4)C2)CN1. The highest BCUT2D eigenvalue weighted by molar-refractivity contribution is 5.79. The van der Waals surface area contributed by atoms with E-state index >= 15 is 0 Å². The maximum atomic E-state index is 11.6. The first kappa shape index (κ1) is 13.1. The number of likely N-dealkylation sites (tertiary alicyclic amines) is 1. The Morgan fingerprint density at radius 3 is 3.10 bits per heavy atom. The van der Waals surface area contributed by atoms with Gasteiger partial charge in [0.1, 0.15) is 0 Å². The van der Waals surface area contributed by atoms with Crippen molar-refractivity contribution < 1.29 is 4.79 Å². The Hall–Kier alpha value is -1.55. The molecule has 0 radical (unpaired) electrons. The Morgan fingerprint density at radius 1 is 1.29 bits per heavy atom. The summed E-state index contributed by atoms with van der Waals surface area (Å²) in [7, 11) is 0. The molecule has 1 unspecified atom stereocenters. The molecular formula is C17H23N3O. The molecule has 21 heavy (non-hydrogen) atoms. The maximum Gasteiger partial charge on any atom is 0.220 e. The highest BCUT2D eigenvalue weighted by Crippen LogP contribution is 2.37. The van der Waals surface area contributed by atoms with E-state index < -0.39 is 0 Å². The number of benzene rings is 1. The number of carbonyl (C=O) groups excluding carboxylic acids is 1. The summed E-state index contributed by atoms with van der Waals surface area (Å²) in [5.74, 6) is 0.235. The lowest BCUT2D eigenvalue weighted by Gasteiger charge is -2.39. The van der Waals surface area contributed by atoms with Gasteiger partial charge in [-0.05, 0) is 36.9 Å². The minimum Gasteiger partial charge on any atom is -0.384 e. The second-order valence-corrected chi connectivity index (χ2v) is 6.90. The van der Waals surface area contributed by atoms with Crippen LogP contribution in [0.4, 0.5) is 5.69 Å². The van der Waals surface area contributed by atoms with Gasteiger partial charge in [0, 0.05) is 43.7 Å². The second kappa shape index (κ2) is 5.02. The zero-order valence-corrected chi connectivity index (χ0v) is 12.5. The van der Waals surface area contributed by atoms with Crippen LogP contribution in [0.15, 0.2) is 18.2 Å². The molecule has 1 spiro atoms. The Kier molecular flexibility index (Phi) is 3.14. The lowest BCUT2D eigenvalue weighted by molar-refractivity contribution is -0.119. The largest absolute Gasteiger partial charge is 0.384 e.